The first-order valence-corrected chi connectivity index (χ1v) is 19.3. The summed E-state index contributed by atoms with van der Waals surface area (Å²) in [6, 6.07) is 0. The number of phosphoric ester groups is 1. The molecule has 0 radical (unpaired) electrons. The van der Waals surface area contributed by atoms with E-state index < -0.39 is 51.3 Å². The molecule has 11 heteroatoms. The molecular formula is C37H63O10P. The van der Waals surface area contributed by atoms with Gasteiger partial charge in [0.05, 0.1) is 18.8 Å². The number of hydrogen-bond acceptors (Lipinski definition) is 8. The average molecular weight is 699 g/mol. The lowest BCUT2D eigenvalue weighted by atomic mass is 10.1. The maximum atomic E-state index is 12.3. The van der Waals surface area contributed by atoms with Gasteiger partial charge in [0.25, 0.3) is 0 Å². The Kier molecular flexibility index (Phi) is 30.4. The van der Waals surface area contributed by atoms with Crippen molar-refractivity contribution in [3.05, 3.63) is 60.8 Å². The number of ether oxygens (including phenoxy) is 2. The highest BCUT2D eigenvalue weighted by Crippen LogP contribution is 2.35. The average Bonchev–Trinajstić information content (AvgIpc) is 3.04. The quantitative estimate of drug-likeness (QED) is 0.0183. The molecule has 0 aromatic carbocycles. The third-order valence-corrected chi connectivity index (χ3v) is 7.68. The lowest BCUT2D eigenvalue weighted by Gasteiger charge is -2.18. The normalized spacial score (nSPS) is 14.5. The Labute approximate surface area is 289 Å². The number of aliphatic hydroxyl groups excluding tert-OH is 2. The number of carbonyl (C=O) groups is 2. The van der Waals surface area contributed by atoms with Gasteiger partial charge in [0.15, 0.2) is 6.10 Å². The standard InChI is InChI=1S/C37H63O10P/c1-3-5-7-9-11-12-13-14-15-17-23-29-37(41)47-35(32-46-48(42,43)44)31-45-36(40)30-24-28-34(39)27-22-19-18-21-26-33(38)25-20-16-10-8-6-4-2/h9,11,16,18-22,26-27,33-35,38-39H,3-8,10,12-15,17,23-25,28-32H2,1-2H3,(H2,42,43,44)/b11-9-,19-18+,20-16-,26-21+,27-22-/t33-,34-,35-/m1/s1. The Bertz CT molecular complexity index is 998. The van der Waals surface area contributed by atoms with Gasteiger partial charge in [-0.25, -0.2) is 4.57 Å². The van der Waals surface area contributed by atoms with Crippen molar-refractivity contribution < 1.29 is 48.2 Å². The summed E-state index contributed by atoms with van der Waals surface area (Å²) in [7, 11) is -4.81. The molecule has 0 aliphatic heterocycles. The van der Waals surface area contributed by atoms with E-state index in [-0.39, 0.29) is 12.8 Å². The molecule has 0 fully saturated rings. The second-order valence-corrected chi connectivity index (χ2v) is 13.1. The van der Waals surface area contributed by atoms with Gasteiger partial charge in [-0.15, -0.1) is 0 Å². The lowest BCUT2D eigenvalue weighted by molar-refractivity contribution is -0.161. The van der Waals surface area contributed by atoms with Crippen LogP contribution in [-0.2, 0) is 28.2 Å². The number of phosphoric acid groups is 1. The van der Waals surface area contributed by atoms with Crippen molar-refractivity contribution in [2.45, 2.75) is 148 Å². The van der Waals surface area contributed by atoms with E-state index in [2.05, 4.69) is 36.6 Å². The number of carbonyl (C=O) groups excluding carboxylic acids is 2. The Hall–Kier alpha value is -2.33. The van der Waals surface area contributed by atoms with Crippen LogP contribution in [0, 0.1) is 0 Å². The molecule has 0 amide bonds. The van der Waals surface area contributed by atoms with Gasteiger partial charge in [-0.1, -0.05) is 120 Å². The fourth-order valence-electron chi connectivity index (χ4n) is 4.43. The van der Waals surface area contributed by atoms with Gasteiger partial charge in [0.2, 0.25) is 0 Å². The molecule has 0 aromatic rings. The zero-order valence-electron chi connectivity index (χ0n) is 29.3. The number of unbranched alkanes of at least 4 members (excludes halogenated alkanes) is 10. The molecular weight excluding hydrogens is 635 g/mol. The zero-order valence-corrected chi connectivity index (χ0v) is 30.2. The predicted octanol–water partition coefficient (Wildman–Crippen LogP) is 8.12. The first kappa shape index (κ1) is 45.7. The third-order valence-electron chi connectivity index (χ3n) is 7.20. The fraction of sp³-hybridized carbons (Fsp3) is 0.676. The monoisotopic (exact) mass is 698 g/mol. The minimum atomic E-state index is -4.81. The van der Waals surface area contributed by atoms with Crippen LogP contribution in [0.4, 0.5) is 0 Å². The molecule has 276 valence electrons. The van der Waals surface area contributed by atoms with Crippen molar-refractivity contribution in [2.24, 2.45) is 0 Å². The highest BCUT2D eigenvalue weighted by atomic mass is 31.2. The molecule has 3 atom stereocenters. The van der Waals surface area contributed by atoms with Crippen LogP contribution in [-0.4, -0.2) is 63.5 Å². The van der Waals surface area contributed by atoms with Crippen LogP contribution in [0.25, 0.3) is 0 Å². The maximum Gasteiger partial charge on any atom is 0.469 e. The summed E-state index contributed by atoms with van der Waals surface area (Å²) < 4.78 is 26.1. The second kappa shape index (κ2) is 31.9. The van der Waals surface area contributed by atoms with Crippen molar-refractivity contribution in [1.82, 2.24) is 0 Å². The van der Waals surface area contributed by atoms with Gasteiger partial charge in [-0.3, -0.25) is 14.1 Å². The molecule has 0 aromatic heterocycles. The Balaban J connectivity index is 4.31. The topological polar surface area (TPSA) is 160 Å². The molecule has 0 unspecified atom stereocenters. The van der Waals surface area contributed by atoms with E-state index in [1.165, 1.54) is 32.1 Å². The molecule has 0 aliphatic carbocycles. The minimum absolute atomic E-state index is 0.00294. The molecule has 0 saturated heterocycles. The van der Waals surface area contributed by atoms with E-state index in [1.807, 2.05) is 6.08 Å². The van der Waals surface area contributed by atoms with Gasteiger partial charge in [0.1, 0.15) is 6.61 Å². The highest BCUT2D eigenvalue weighted by molar-refractivity contribution is 7.46. The molecule has 48 heavy (non-hydrogen) atoms. The zero-order chi connectivity index (χ0) is 35.7. The molecule has 0 rings (SSSR count). The largest absolute Gasteiger partial charge is 0.469 e. The van der Waals surface area contributed by atoms with Crippen LogP contribution in [0.5, 0.6) is 0 Å². The number of aliphatic hydroxyl groups is 2. The summed E-state index contributed by atoms with van der Waals surface area (Å²) in [5.41, 5.74) is 0. The molecule has 0 saturated carbocycles. The van der Waals surface area contributed by atoms with Crippen LogP contribution in [0.1, 0.15) is 129 Å². The first-order chi connectivity index (χ1) is 23.1. The van der Waals surface area contributed by atoms with E-state index >= 15 is 0 Å². The van der Waals surface area contributed by atoms with Crippen LogP contribution in [0.2, 0.25) is 0 Å². The van der Waals surface area contributed by atoms with Crippen LogP contribution in [0.15, 0.2) is 60.8 Å². The van der Waals surface area contributed by atoms with E-state index in [0.29, 0.717) is 25.7 Å². The molecule has 4 N–H and O–H groups in total. The van der Waals surface area contributed by atoms with E-state index in [4.69, 9.17) is 19.3 Å². The molecule has 0 bridgehead atoms. The Morgan fingerprint density at radius 1 is 0.646 bits per heavy atom. The summed E-state index contributed by atoms with van der Waals surface area (Å²) in [6.45, 7) is 3.33. The lowest BCUT2D eigenvalue weighted by Crippen LogP contribution is -2.29. The number of hydrogen-bond donors (Lipinski definition) is 4. The SMILES string of the molecule is CCCC/C=C\CCCCCCCC(=O)O[C@H](COC(=O)CCC[C@H](O)\C=C/C=C/C=C/[C@H](O)C/C=C\CCCCC)COP(=O)(O)O. The third kappa shape index (κ3) is 33.6. The van der Waals surface area contributed by atoms with Gasteiger partial charge >= 0.3 is 19.8 Å². The summed E-state index contributed by atoms with van der Waals surface area (Å²) in [4.78, 5) is 42.6. The number of rotatable bonds is 31. The van der Waals surface area contributed by atoms with Crippen molar-refractivity contribution in [1.29, 1.82) is 0 Å². The second-order valence-electron chi connectivity index (χ2n) is 11.9. The molecule has 0 spiro atoms. The summed E-state index contributed by atoms with van der Waals surface area (Å²) in [6.07, 6.45) is 31.5. The van der Waals surface area contributed by atoms with Crippen LogP contribution >= 0.6 is 7.82 Å². The maximum absolute atomic E-state index is 12.3. The van der Waals surface area contributed by atoms with E-state index in [1.54, 1.807) is 36.5 Å². The van der Waals surface area contributed by atoms with Crippen LogP contribution in [0.3, 0.4) is 0 Å². The number of allylic oxidation sites excluding steroid dienone is 7. The van der Waals surface area contributed by atoms with E-state index in [0.717, 1.165) is 44.9 Å². The number of esters is 2. The van der Waals surface area contributed by atoms with Gasteiger partial charge in [0, 0.05) is 12.8 Å². The van der Waals surface area contributed by atoms with Gasteiger partial charge in [-0.2, -0.15) is 0 Å². The molecule has 0 aliphatic rings. The predicted molar refractivity (Wildman–Crippen MR) is 191 cm³/mol. The summed E-state index contributed by atoms with van der Waals surface area (Å²) in [5.74, 6) is -1.15. The summed E-state index contributed by atoms with van der Waals surface area (Å²) in [5, 5.41) is 20.1. The van der Waals surface area contributed by atoms with Gasteiger partial charge in [-0.05, 0) is 57.8 Å². The Morgan fingerprint density at radius 3 is 1.88 bits per heavy atom. The molecule has 10 nitrogen and oxygen atoms in total. The Morgan fingerprint density at radius 2 is 1.21 bits per heavy atom. The van der Waals surface area contributed by atoms with Crippen molar-refractivity contribution in [3.8, 4) is 0 Å². The van der Waals surface area contributed by atoms with Crippen LogP contribution < -0.4 is 0 Å². The first-order valence-electron chi connectivity index (χ1n) is 17.8. The van der Waals surface area contributed by atoms with Crippen molar-refractivity contribution in [2.75, 3.05) is 13.2 Å². The smallest absolute Gasteiger partial charge is 0.462 e. The summed E-state index contributed by atoms with van der Waals surface area (Å²) >= 11 is 0. The highest BCUT2D eigenvalue weighted by Gasteiger charge is 2.23. The van der Waals surface area contributed by atoms with Crippen molar-refractivity contribution in [3.63, 3.8) is 0 Å². The van der Waals surface area contributed by atoms with Gasteiger partial charge < -0.3 is 29.5 Å². The minimum Gasteiger partial charge on any atom is -0.462 e. The van der Waals surface area contributed by atoms with E-state index in [9.17, 15) is 24.4 Å². The fourth-order valence-corrected chi connectivity index (χ4v) is 4.79. The molecule has 0 heterocycles. The van der Waals surface area contributed by atoms with Crippen molar-refractivity contribution >= 4 is 19.8 Å².